The lowest BCUT2D eigenvalue weighted by atomic mass is 10.0. The molecule has 0 spiro atoms. The molecular formula is C16H36N2O. The molecule has 116 valence electrons. The third-order valence-electron chi connectivity index (χ3n) is 3.49. The molecule has 0 saturated carbocycles. The second-order valence-electron chi connectivity index (χ2n) is 6.83. The van der Waals surface area contributed by atoms with Crippen LogP contribution in [0.25, 0.3) is 0 Å². The summed E-state index contributed by atoms with van der Waals surface area (Å²) >= 11 is 0. The van der Waals surface area contributed by atoms with Crippen LogP contribution in [0, 0.1) is 5.92 Å². The van der Waals surface area contributed by atoms with Gasteiger partial charge in [-0.25, -0.2) is 0 Å². The van der Waals surface area contributed by atoms with Crippen molar-refractivity contribution in [2.75, 3.05) is 19.6 Å². The molecule has 0 aromatic heterocycles. The Bertz CT molecular complexity index is 223. The molecule has 0 radical (unpaired) electrons. The van der Waals surface area contributed by atoms with E-state index >= 15 is 0 Å². The lowest BCUT2D eigenvalue weighted by molar-refractivity contribution is -0.0000783. The number of hydrogen-bond donors (Lipinski definition) is 2. The topological polar surface area (TPSA) is 35.5 Å². The van der Waals surface area contributed by atoms with Crippen molar-refractivity contribution < 1.29 is 5.11 Å². The highest BCUT2D eigenvalue weighted by molar-refractivity contribution is 4.84. The van der Waals surface area contributed by atoms with Crippen molar-refractivity contribution in [3.8, 4) is 0 Å². The van der Waals surface area contributed by atoms with Gasteiger partial charge in [0.05, 0.1) is 5.60 Å². The maximum absolute atomic E-state index is 10.6. The molecule has 0 aromatic rings. The Morgan fingerprint density at radius 1 is 1.11 bits per heavy atom. The zero-order valence-electron chi connectivity index (χ0n) is 14.2. The summed E-state index contributed by atoms with van der Waals surface area (Å²) in [7, 11) is 0. The highest BCUT2D eigenvalue weighted by atomic mass is 16.3. The fourth-order valence-electron chi connectivity index (χ4n) is 2.53. The third kappa shape index (κ3) is 8.61. The lowest BCUT2D eigenvalue weighted by Crippen LogP contribution is -2.52. The van der Waals surface area contributed by atoms with Gasteiger partial charge in [0.2, 0.25) is 0 Å². The first-order chi connectivity index (χ1) is 8.71. The first-order valence-electron chi connectivity index (χ1n) is 7.91. The number of rotatable bonds is 10. The Morgan fingerprint density at radius 3 is 2.00 bits per heavy atom. The summed E-state index contributed by atoms with van der Waals surface area (Å²) in [6, 6.07) is 0.992. The average molecular weight is 272 g/mol. The van der Waals surface area contributed by atoms with Gasteiger partial charge in [0, 0.05) is 31.7 Å². The standard InChI is InChI=1S/C16H36N2O/c1-8-15(9-2)18(10-13(3)4)12-16(7,19)11-17-14(5)6/h13-15,17,19H,8-12H2,1-7H3. The molecule has 0 amide bonds. The van der Waals surface area contributed by atoms with E-state index in [2.05, 4.69) is 51.8 Å². The fourth-order valence-corrected chi connectivity index (χ4v) is 2.53. The second kappa shape index (κ2) is 8.93. The monoisotopic (exact) mass is 272 g/mol. The average Bonchev–Trinajstić information content (AvgIpc) is 2.27. The van der Waals surface area contributed by atoms with E-state index in [4.69, 9.17) is 0 Å². The van der Waals surface area contributed by atoms with Crippen LogP contribution in [0.3, 0.4) is 0 Å². The predicted octanol–water partition coefficient (Wildman–Crippen LogP) is 2.88. The summed E-state index contributed by atoms with van der Waals surface area (Å²) < 4.78 is 0. The predicted molar refractivity (Wildman–Crippen MR) is 84.5 cm³/mol. The van der Waals surface area contributed by atoms with Crippen LogP contribution in [0.15, 0.2) is 0 Å². The zero-order chi connectivity index (χ0) is 15.1. The minimum atomic E-state index is -0.665. The molecule has 3 nitrogen and oxygen atoms in total. The molecule has 19 heavy (non-hydrogen) atoms. The number of nitrogens with zero attached hydrogens (tertiary/aromatic N) is 1. The molecule has 0 aliphatic carbocycles. The van der Waals surface area contributed by atoms with Crippen molar-refractivity contribution in [1.29, 1.82) is 0 Å². The van der Waals surface area contributed by atoms with Gasteiger partial charge >= 0.3 is 0 Å². The number of nitrogens with one attached hydrogen (secondary N) is 1. The Morgan fingerprint density at radius 2 is 1.63 bits per heavy atom. The van der Waals surface area contributed by atoms with Gasteiger partial charge in [-0.05, 0) is 25.7 Å². The molecule has 0 rings (SSSR count). The second-order valence-corrected chi connectivity index (χ2v) is 6.83. The minimum Gasteiger partial charge on any atom is -0.388 e. The highest BCUT2D eigenvalue weighted by Gasteiger charge is 2.27. The van der Waals surface area contributed by atoms with E-state index in [0.29, 0.717) is 24.5 Å². The largest absolute Gasteiger partial charge is 0.388 e. The first-order valence-corrected chi connectivity index (χ1v) is 7.91. The quantitative estimate of drug-likeness (QED) is 0.642. The summed E-state index contributed by atoms with van der Waals surface area (Å²) in [4.78, 5) is 2.46. The Balaban J connectivity index is 4.59. The van der Waals surface area contributed by atoms with E-state index in [9.17, 15) is 5.11 Å². The van der Waals surface area contributed by atoms with Crippen molar-refractivity contribution >= 4 is 0 Å². The molecule has 1 unspecified atom stereocenters. The minimum absolute atomic E-state index is 0.415. The molecule has 0 aliphatic rings. The molecule has 3 heteroatoms. The summed E-state index contributed by atoms with van der Waals surface area (Å²) in [6.45, 7) is 17.6. The van der Waals surface area contributed by atoms with E-state index in [1.54, 1.807) is 0 Å². The highest BCUT2D eigenvalue weighted by Crippen LogP contribution is 2.16. The summed E-state index contributed by atoms with van der Waals surface area (Å²) in [6.07, 6.45) is 2.30. The van der Waals surface area contributed by atoms with Gasteiger partial charge in [-0.1, -0.05) is 41.5 Å². The number of hydrogen-bond acceptors (Lipinski definition) is 3. The van der Waals surface area contributed by atoms with Crippen molar-refractivity contribution in [1.82, 2.24) is 10.2 Å². The molecular weight excluding hydrogens is 236 g/mol. The summed E-state index contributed by atoms with van der Waals surface area (Å²) in [5, 5.41) is 13.9. The third-order valence-corrected chi connectivity index (χ3v) is 3.49. The number of aliphatic hydroxyl groups is 1. The van der Waals surface area contributed by atoms with Crippen LogP contribution in [-0.2, 0) is 0 Å². The Hall–Kier alpha value is -0.120. The SMILES string of the molecule is CCC(CC)N(CC(C)C)CC(C)(O)CNC(C)C. The van der Waals surface area contributed by atoms with Crippen molar-refractivity contribution in [2.24, 2.45) is 5.92 Å². The maximum atomic E-state index is 10.6. The van der Waals surface area contributed by atoms with Gasteiger partial charge in [-0.15, -0.1) is 0 Å². The van der Waals surface area contributed by atoms with Gasteiger partial charge in [0.25, 0.3) is 0 Å². The lowest BCUT2D eigenvalue weighted by Gasteiger charge is -2.38. The first kappa shape index (κ1) is 18.9. The van der Waals surface area contributed by atoms with Crippen LogP contribution in [-0.4, -0.2) is 47.3 Å². The van der Waals surface area contributed by atoms with Crippen LogP contribution in [0.4, 0.5) is 0 Å². The van der Waals surface area contributed by atoms with Crippen LogP contribution in [0.2, 0.25) is 0 Å². The van der Waals surface area contributed by atoms with E-state index in [0.717, 1.165) is 25.9 Å². The molecule has 0 fully saturated rings. The van der Waals surface area contributed by atoms with E-state index in [1.807, 2.05) is 6.92 Å². The molecule has 1 atom stereocenters. The van der Waals surface area contributed by atoms with Crippen LogP contribution in [0.5, 0.6) is 0 Å². The van der Waals surface area contributed by atoms with Gasteiger partial charge in [-0.3, -0.25) is 4.90 Å². The molecule has 0 bridgehead atoms. The maximum Gasteiger partial charge on any atom is 0.0869 e. The normalized spacial score (nSPS) is 15.8. The molecule has 0 aliphatic heterocycles. The van der Waals surface area contributed by atoms with Crippen molar-refractivity contribution in [3.05, 3.63) is 0 Å². The van der Waals surface area contributed by atoms with E-state index in [1.165, 1.54) is 0 Å². The molecule has 0 heterocycles. The zero-order valence-corrected chi connectivity index (χ0v) is 14.2. The van der Waals surface area contributed by atoms with Gasteiger partial charge in [-0.2, -0.15) is 0 Å². The Kier molecular flexibility index (Phi) is 8.88. The van der Waals surface area contributed by atoms with Gasteiger partial charge < -0.3 is 10.4 Å². The Labute approximate surface area is 120 Å². The molecule has 0 saturated heterocycles. The van der Waals surface area contributed by atoms with Crippen LogP contribution in [0.1, 0.15) is 61.3 Å². The van der Waals surface area contributed by atoms with Crippen molar-refractivity contribution in [2.45, 2.75) is 79.0 Å². The van der Waals surface area contributed by atoms with Gasteiger partial charge in [0.15, 0.2) is 0 Å². The van der Waals surface area contributed by atoms with Crippen molar-refractivity contribution in [3.63, 3.8) is 0 Å². The van der Waals surface area contributed by atoms with Crippen LogP contribution >= 0.6 is 0 Å². The fraction of sp³-hybridized carbons (Fsp3) is 1.00. The summed E-state index contributed by atoms with van der Waals surface area (Å²) in [5.41, 5.74) is -0.665. The smallest absolute Gasteiger partial charge is 0.0869 e. The summed E-state index contributed by atoms with van der Waals surface area (Å²) in [5.74, 6) is 0.634. The van der Waals surface area contributed by atoms with Crippen LogP contribution < -0.4 is 5.32 Å². The van der Waals surface area contributed by atoms with Gasteiger partial charge in [0.1, 0.15) is 0 Å². The van der Waals surface area contributed by atoms with E-state index in [-0.39, 0.29) is 0 Å². The molecule has 2 N–H and O–H groups in total. The molecule has 0 aromatic carbocycles. The van der Waals surface area contributed by atoms with E-state index < -0.39 is 5.60 Å².